The Hall–Kier alpha value is -1.03. The summed E-state index contributed by atoms with van der Waals surface area (Å²) < 4.78 is 10.9. The van der Waals surface area contributed by atoms with Crippen LogP contribution in [0.15, 0.2) is 24.3 Å². The minimum atomic E-state index is -0.991. The number of benzene rings is 1. The van der Waals surface area contributed by atoms with Gasteiger partial charge in [0.2, 0.25) is 0 Å². The van der Waals surface area contributed by atoms with E-state index in [0.29, 0.717) is 19.4 Å². The van der Waals surface area contributed by atoms with E-state index in [9.17, 15) is 10.1 Å². The summed E-state index contributed by atoms with van der Waals surface area (Å²) in [5.41, 5.74) is 0.970. The van der Waals surface area contributed by atoms with Crippen molar-refractivity contribution in [3.8, 4) is 0 Å². The van der Waals surface area contributed by atoms with Gasteiger partial charge in [0.25, 0.3) is 5.69 Å². The van der Waals surface area contributed by atoms with E-state index < -0.39 is 13.3 Å². The zero-order chi connectivity index (χ0) is 12.7. The van der Waals surface area contributed by atoms with Gasteiger partial charge >= 0.3 is 0 Å². The third-order valence-electron chi connectivity index (χ3n) is 1.98. The molecule has 1 aromatic carbocycles. The van der Waals surface area contributed by atoms with E-state index in [0.717, 1.165) is 5.56 Å². The second-order valence-corrected chi connectivity index (χ2v) is 4.75. The number of rotatable bonds is 7. The second-order valence-electron chi connectivity index (χ2n) is 3.25. The van der Waals surface area contributed by atoms with Gasteiger partial charge in [-0.3, -0.25) is 10.1 Å². The highest BCUT2D eigenvalue weighted by Gasteiger charge is 2.12. The average Bonchev–Trinajstić information content (AvgIpc) is 2.30. The van der Waals surface area contributed by atoms with Crippen LogP contribution in [0.3, 0.4) is 0 Å². The van der Waals surface area contributed by atoms with Gasteiger partial charge in [0.1, 0.15) is 0 Å². The molecule has 0 aliphatic rings. The lowest BCUT2D eigenvalue weighted by Gasteiger charge is -2.15. The molecule has 94 valence electrons. The molecule has 0 atom stereocenters. The van der Waals surface area contributed by atoms with E-state index >= 15 is 0 Å². The molecule has 0 radical (unpaired) electrons. The molecule has 0 unspecified atom stereocenters. The molecule has 0 aliphatic heterocycles. The molecule has 1 rings (SSSR count). The third kappa shape index (κ3) is 4.77. The zero-order valence-electron chi connectivity index (χ0n) is 9.96. The van der Waals surface area contributed by atoms with Gasteiger partial charge in [0, 0.05) is 18.3 Å². The molecule has 5 nitrogen and oxygen atoms in total. The zero-order valence-corrected chi connectivity index (χ0v) is 10.9. The van der Waals surface area contributed by atoms with Crippen LogP contribution in [0, 0.1) is 10.1 Å². The number of hydrogen-bond acceptors (Lipinski definition) is 4. The minimum Gasteiger partial charge on any atom is -0.334 e. The molecule has 0 amide bonds. The average molecular weight is 257 g/mol. The summed E-state index contributed by atoms with van der Waals surface area (Å²) in [4.78, 5) is 10.2. The van der Waals surface area contributed by atoms with Gasteiger partial charge in [-0.15, -0.1) is 0 Å². The number of non-ortho nitro benzene ring substituents is 1. The van der Waals surface area contributed by atoms with Gasteiger partial charge in [0.15, 0.2) is 8.38 Å². The van der Waals surface area contributed by atoms with Crippen LogP contribution in [0.1, 0.15) is 19.4 Å². The molecular formula is C11H16NO4P. The minimum absolute atomic E-state index is 0.102. The highest BCUT2D eigenvalue weighted by atomic mass is 31.2. The van der Waals surface area contributed by atoms with Crippen LogP contribution in [0.2, 0.25) is 0 Å². The fourth-order valence-corrected chi connectivity index (χ4v) is 2.66. The van der Waals surface area contributed by atoms with Crippen LogP contribution in [0.25, 0.3) is 0 Å². The first-order valence-corrected chi connectivity index (χ1v) is 6.80. The van der Waals surface area contributed by atoms with Crippen molar-refractivity contribution in [3.05, 3.63) is 39.9 Å². The predicted molar refractivity (Wildman–Crippen MR) is 67.0 cm³/mol. The Balaban J connectivity index is 2.71. The Morgan fingerprint density at radius 3 is 2.47 bits per heavy atom. The fraction of sp³-hybridized carbons (Fsp3) is 0.455. The largest absolute Gasteiger partial charge is 0.334 e. The van der Waals surface area contributed by atoms with E-state index in [1.54, 1.807) is 12.1 Å². The quantitative estimate of drug-likeness (QED) is 0.426. The molecule has 0 spiro atoms. The summed E-state index contributed by atoms with van der Waals surface area (Å²) in [7, 11) is -0.991. The van der Waals surface area contributed by atoms with Gasteiger partial charge in [-0.05, 0) is 19.4 Å². The van der Waals surface area contributed by atoms with Crippen LogP contribution < -0.4 is 0 Å². The Kier molecular flexibility index (Phi) is 6.05. The molecule has 6 heteroatoms. The summed E-state index contributed by atoms with van der Waals surface area (Å²) in [6, 6.07) is 6.57. The molecule has 0 N–H and O–H groups in total. The molecule has 0 aromatic heterocycles. The van der Waals surface area contributed by atoms with E-state index in [1.807, 2.05) is 19.9 Å². The van der Waals surface area contributed by atoms with Crippen LogP contribution in [-0.4, -0.2) is 18.1 Å². The number of nitro benzene ring substituents is 1. The molecule has 1 aromatic rings. The maximum atomic E-state index is 10.6. The first kappa shape index (κ1) is 14.0. The molecule has 0 saturated heterocycles. The predicted octanol–water partition coefficient (Wildman–Crippen LogP) is 3.48. The van der Waals surface area contributed by atoms with Crippen molar-refractivity contribution < 1.29 is 14.0 Å². The Labute approximate surface area is 102 Å². The van der Waals surface area contributed by atoms with E-state index in [2.05, 4.69) is 0 Å². The summed E-state index contributed by atoms with van der Waals surface area (Å²) >= 11 is 0. The Bertz CT molecular complexity index is 366. The lowest BCUT2D eigenvalue weighted by molar-refractivity contribution is -0.384. The maximum Gasteiger partial charge on any atom is 0.269 e. The fourth-order valence-electron chi connectivity index (χ4n) is 1.33. The smallest absolute Gasteiger partial charge is 0.269 e. The van der Waals surface area contributed by atoms with E-state index in [4.69, 9.17) is 9.05 Å². The van der Waals surface area contributed by atoms with Gasteiger partial charge in [-0.25, -0.2) is 0 Å². The molecule has 0 aliphatic carbocycles. The van der Waals surface area contributed by atoms with Gasteiger partial charge in [-0.2, -0.15) is 0 Å². The van der Waals surface area contributed by atoms with Crippen molar-refractivity contribution in [2.24, 2.45) is 0 Å². The Morgan fingerprint density at radius 1 is 1.29 bits per heavy atom. The SMILES string of the molecule is CCOP(Cc1cccc([N+](=O)[O-])c1)OCC. The van der Waals surface area contributed by atoms with Crippen molar-refractivity contribution in [1.29, 1.82) is 0 Å². The number of hydrogen-bond donors (Lipinski definition) is 0. The van der Waals surface area contributed by atoms with Crippen molar-refractivity contribution in [2.75, 3.05) is 13.2 Å². The molecule has 0 saturated carbocycles. The lowest BCUT2D eigenvalue weighted by Crippen LogP contribution is -1.95. The lowest BCUT2D eigenvalue weighted by atomic mass is 10.2. The molecule has 0 fully saturated rings. The van der Waals surface area contributed by atoms with Crippen molar-refractivity contribution in [2.45, 2.75) is 20.0 Å². The molecule has 17 heavy (non-hydrogen) atoms. The summed E-state index contributed by atoms with van der Waals surface area (Å²) in [6.07, 6.45) is 0.582. The first-order chi connectivity index (χ1) is 8.17. The van der Waals surface area contributed by atoms with Crippen molar-refractivity contribution >= 4 is 14.1 Å². The van der Waals surface area contributed by atoms with Crippen LogP contribution in [0.4, 0.5) is 5.69 Å². The van der Waals surface area contributed by atoms with Crippen LogP contribution >= 0.6 is 8.38 Å². The summed E-state index contributed by atoms with van der Waals surface area (Å²) in [6.45, 7) is 4.98. The summed E-state index contributed by atoms with van der Waals surface area (Å²) in [5, 5.41) is 10.6. The molecule has 0 bridgehead atoms. The highest BCUT2D eigenvalue weighted by Crippen LogP contribution is 2.42. The molecule has 0 heterocycles. The Morgan fingerprint density at radius 2 is 1.94 bits per heavy atom. The van der Waals surface area contributed by atoms with E-state index in [-0.39, 0.29) is 5.69 Å². The van der Waals surface area contributed by atoms with Crippen molar-refractivity contribution in [1.82, 2.24) is 0 Å². The van der Waals surface area contributed by atoms with Crippen LogP contribution in [0.5, 0.6) is 0 Å². The normalized spacial score (nSPS) is 10.8. The van der Waals surface area contributed by atoms with Gasteiger partial charge in [0.05, 0.1) is 18.1 Å². The van der Waals surface area contributed by atoms with Crippen LogP contribution in [-0.2, 0) is 15.2 Å². The van der Waals surface area contributed by atoms with Crippen molar-refractivity contribution in [3.63, 3.8) is 0 Å². The number of nitrogens with zero attached hydrogens (tertiary/aromatic N) is 1. The third-order valence-corrected chi connectivity index (χ3v) is 3.69. The topological polar surface area (TPSA) is 61.6 Å². The highest BCUT2D eigenvalue weighted by molar-refractivity contribution is 7.46. The molecular weight excluding hydrogens is 241 g/mol. The standard InChI is InChI=1S/C11H16NO4P/c1-3-15-17(16-4-2)9-10-6-5-7-11(8-10)12(13)14/h5-8H,3-4,9H2,1-2H3. The first-order valence-electron chi connectivity index (χ1n) is 5.44. The summed E-state index contributed by atoms with van der Waals surface area (Å²) in [5.74, 6) is 0. The van der Waals surface area contributed by atoms with Gasteiger partial charge in [-0.1, -0.05) is 12.1 Å². The van der Waals surface area contributed by atoms with Gasteiger partial charge < -0.3 is 9.05 Å². The maximum absolute atomic E-state index is 10.6. The van der Waals surface area contributed by atoms with E-state index in [1.165, 1.54) is 6.07 Å². The second kappa shape index (κ2) is 7.33. The monoisotopic (exact) mass is 257 g/mol. The number of nitro groups is 1.